The van der Waals surface area contributed by atoms with Crippen LogP contribution < -0.4 is 4.74 Å². The van der Waals surface area contributed by atoms with Gasteiger partial charge in [-0.15, -0.1) is 0 Å². The summed E-state index contributed by atoms with van der Waals surface area (Å²) >= 11 is 3.20. The first-order valence-corrected chi connectivity index (χ1v) is 4.67. The average molecular weight is 257 g/mol. The van der Waals surface area contributed by atoms with Crippen LogP contribution in [0, 0.1) is 0 Å². The zero-order valence-corrected chi connectivity index (χ0v) is 9.11. The fourth-order valence-corrected chi connectivity index (χ4v) is 1.46. The number of aldehydes is 1. The van der Waals surface area contributed by atoms with E-state index in [0.29, 0.717) is 16.5 Å². The molecule has 0 aromatic heterocycles. The van der Waals surface area contributed by atoms with E-state index in [1.807, 2.05) is 0 Å². The number of phenolic OH excluding ortho intramolecular Hbond substituents is 1. The fraction of sp³-hybridized carbons (Fsp3) is 0.100. The molecule has 14 heavy (non-hydrogen) atoms. The van der Waals surface area contributed by atoms with Crippen LogP contribution in [0.3, 0.4) is 0 Å². The van der Waals surface area contributed by atoms with E-state index in [0.717, 1.165) is 5.56 Å². The smallest absolute Gasteiger partial charge is 0.172 e. The zero-order valence-electron chi connectivity index (χ0n) is 7.53. The van der Waals surface area contributed by atoms with Crippen molar-refractivity contribution in [1.29, 1.82) is 0 Å². The summed E-state index contributed by atoms with van der Waals surface area (Å²) in [4.78, 5) is 10.1. The van der Waals surface area contributed by atoms with Crippen molar-refractivity contribution in [3.05, 3.63) is 28.2 Å². The molecule has 0 saturated carbocycles. The number of methoxy groups -OCH3 is 1. The maximum Gasteiger partial charge on any atom is 0.172 e. The lowest BCUT2D eigenvalue weighted by atomic mass is 10.2. The SMILES string of the molecule is COc1ccc(C=CC=O)c(Br)c1O. The molecule has 0 aliphatic rings. The number of allylic oxidation sites excluding steroid dienone is 1. The molecule has 0 heterocycles. The van der Waals surface area contributed by atoms with E-state index in [1.165, 1.54) is 13.2 Å². The van der Waals surface area contributed by atoms with Crippen molar-refractivity contribution in [1.82, 2.24) is 0 Å². The van der Waals surface area contributed by atoms with Gasteiger partial charge in [0, 0.05) is 0 Å². The van der Waals surface area contributed by atoms with Crippen LogP contribution in [0.4, 0.5) is 0 Å². The van der Waals surface area contributed by atoms with Crippen LogP contribution >= 0.6 is 15.9 Å². The second-order valence-corrected chi connectivity index (χ2v) is 3.31. The van der Waals surface area contributed by atoms with Gasteiger partial charge in [-0.25, -0.2) is 0 Å². The first-order valence-electron chi connectivity index (χ1n) is 3.88. The van der Waals surface area contributed by atoms with Crippen LogP contribution in [0.25, 0.3) is 6.08 Å². The number of phenols is 1. The van der Waals surface area contributed by atoms with Crippen LogP contribution in [0.15, 0.2) is 22.7 Å². The second-order valence-electron chi connectivity index (χ2n) is 2.51. The minimum atomic E-state index is 0.0283. The summed E-state index contributed by atoms with van der Waals surface area (Å²) in [6.45, 7) is 0. The zero-order chi connectivity index (χ0) is 10.6. The minimum absolute atomic E-state index is 0.0283. The van der Waals surface area contributed by atoms with Crippen LogP contribution in [0.5, 0.6) is 11.5 Å². The normalized spacial score (nSPS) is 10.4. The summed E-state index contributed by atoms with van der Waals surface area (Å²) in [5, 5.41) is 9.58. The van der Waals surface area contributed by atoms with E-state index in [9.17, 15) is 9.90 Å². The molecule has 0 spiro atoms. The van der Waals surface area contributed by atoms with E-state index < -0.39 is 0 Å². The molecular weight excluding hydrogens is 248 g/mol. The molecule has 0 aliphatic carbocycles. The van der Waals surface area contributed by atoms with Crippen molar-refractivity contribution >= 4 is 28.3 Å². The number of benzene rings is 1. The standard InChI is InChI=1S/C10H9BrO3/c1-14-8-5-4-7(3-2-6-12)9(11)10(8)13/h2-6,13H,1H3. The van der Waals surface area contributed by atoms with Gasteiger partial charge in [-0.3, -0.25) is 4.79 Å². The van der Waals surface area contributed by atoms with E-state index in [2.05, 4.69) is 15.9 Å². The molecule has 1 rings (SSSR count). The minimum Gasteiger partial charge on any atom is -0.503 e. The summed E-state index contributed by atoms with van der Waals surface area (Å²) < 4.78 is 5.42. The van der Waals surface area contributed by atoms with Gasteiger partial charge in [0.15, 0.2) is 11.5 Å². The number of rotatable bonds is 3. The van der Waals surface area contributed by atoms with Crippen LogP contribution in [0.2, 0.25) is 0 Å². The number of carbonyl (C=O) groups is 1. The number of hydrogen-bond donors (Lipinski definition) is 1. The predicted octanol–water partition coefficient (Wildman–Crippen LogP) is 2.38. The summed E-state index contributed by atoms with van der Waals surface area (Å²) in [6, 6.07) is 3.37. The summed E-state index contributed by atoms with van der Waals surface area (Å²) in [6.07, 6.45) is 3.62. The van der Waals surface area contributed by atoms with Crippen LogP contribution in [0.1, 0.15) is 5.56 Å². The van der Waals surface area contributed by atoms with Crippen LogP contribution in [-0.4, -0.2) is 18.5 Å². The topological polar surface area (TPSA) is 46.5 Å². The molecule has 0 saturated heterocycles. The molecule has 0 amide bonds. The van der Waals surface area contributed by atoms with Gasteiger partial charge in [0.05, 0.1) is 11.6 Å². The summed E-state index contributed by atoms with van der Waals surface area (Å²) in [5.74, 6) is 0.417. The van der Waals surface area contributed by atoms with Crippen LogP contribution in [-0.2, 0) is 4.79 Å². The monoisotopic (exact) mass is 256 g/mol. The highest BCUT2D eigenvalue weighted by molar-refractivity contribution is 9.10. The van der Waals surface area contributed by atoms with Gasteiger partial charge < -0.3 is 9.84 Å². The third kappa shape index (κ3) is 2.14. The number of hydrogen-bond acceptors (Lipinski definition) is 3. The Bertz CT molecular complexity index is 372. The van der Waals surface area contributed by atoms with Gasteiger partial charge in [0.25, 0.3) is 0 Å². The lowest BCUT2D eigenvalue weighted by Crippen LogP contribution is -1.86. The van der Waals surface area contributed by atoms with Crippen molar-refractivity contribution in [2.45, 2.75) is 0 Å². The maximum atomic E-state index is 10.1. The number of aromatic hydroxyl groups is 1. The molecule has 3 nitrogen and oxygen atoms in total. The van der Waals surface area contributed by atoms with E-state index in [1.54, 1.807) is 18.2 Å². The Kier molecular flexibility index (Phi) is 3.71. The molecule has 0 atom stereocenters. The van der Waals surface area contributed by atoms with Gasteiger partial charge in [-0.1, -0.05) is 6.08 Å². The molecule has 0 unspecified atom stereocenters. The van der Waals surface area contributed by atoms with E-state index in [4.69, 9.17) is 4.74 Å². The van der Waals surface area contributed by atoms with Crippen molar-refractivity contribution in [3.63, 3.8) is 0 Å². The molecular formula is C10H9BrO3. The lowest BCUT2D eigenvalue weighted by molar-refractivity contribution is -0.104. The summed E-state index contributed by atoms with van der Waals surface area (Å²) in [7, 11) is 1.47. The van der Waals surface area contributed by atoms with Crippen molar-refractivity contribution in [2.24, 2.45) is 0 Å². The first-order chi connectivity index (χ1) is 6.70. The third-order valence-corrected chi connectivity index (χ3v) is 2.52. The number of halogens is 1. The average Bonchev–Trinajstić information content (AvgIpc) is 2.20. The second kappa shape index (κ2) is 4.81. The molecule has 74 valence electrons. The van der Waals surface area contributed by atoms with Gasteiger partial charge in [0.2, 0.25) is 0 Å². The molecule has 1 N–H and O–H groups in total. The lowest BCUT2D eigenvalue weighted by Gasteiger charge is -2.06. The molecule has 0 aliphatic heterocycles. The van der Waals surface area contributed by atoms with Gasteiger partial charge in [-0.05, 0) is 39.7 Å². The van der Waals surface area contributed by atoms with E-state index in [-0.39, 0.29) is 5.75 Å². The Balaban J connectivity index is 3.16. The Hall–Kier alpha value is -1.29. The summed E-state index contributed by atoms with van der Waals surface area (Å²) in [5.41, 5.74) is 0.718. The quantitative estimate of drug-likeness (QED) is 0.668. The third-order valence-electron chi connectivity index (χ3n) is 1.68. The Morgan fingerprint density at radius 1 is 1.50 bits per heavy atom. The number of carbonyl (C=O) groups excluding carboxylic acids is 1. The Labute approximate surface area is 90.1 Å². The Morgan fingerprint density at radius 2 is 2.21 bits per heavy atom. The number of ether oxygens (including phenoxy) is 1. The van der Waals surface area contributed by atoms with Gasteiger partial charge in [-0.2, -0.15) is 0 Å². The van der Waals surface area contributed by atoms with Crippen molar-refractivity contribution in [3.8, 4) is 11.5 Å². The first kappa shape index (κ1) is 10.8. The predicted molar refractivity (Wildman–Crippen MR) is 57.5 cm³/mol. The van der Waals surface area contributed by atoms with Crippen molar-refractivity contribution < 1.29 is 14.6 Å². The molecule has 0 bridgehead atoms. The van der Waals surface area contributed by atoms with Gasteiger partial charge >= 0.3 is 0 Å². The highest BCUT2D eigenvalue weighted by atomic mass is 79.9. The van der Waals surface area contributed by atoms with Gasteiger partial charge in [0.1, 0.15) is 6.29 Å². The molecule has 4 heteroatoms. The molecule has 0 fully saturated rings. The highest BCUT2D eigenvalue weighted by Gasteiger charge is 2.08. The van der Waals surface area contributed by atoms with Crippen molar-refractivity contribution in [2.75, 3.05) is 7.11 Å². The molecule has 0 radical (unpaired) electrons. The molecule has 1 aromatic rings. The van der Waals surface area contributed by atoms with E-state index >= 15 is 0 Å². The Morgan fingerprint density at radius 3 is 2.79 bits per heavy atom. The largest absolute Gasteiger partial charge is 0.503 e. The molecule has 1 aromatic carbocycles. The highest BCUT2D eigenvalue weighted by Crippen LogP contribution is 2.36. The maximum absolute atomic E-state index is 10.1. The fourth-order valence-electron chi connectivity index (χ4n) is 0.999.